The Labute approximate surface area is 184 Å². The number of hydrogen-bond acceptors (Lipinski definition) is 2. The molecule has 0 spiro atoms. The number of ether oxygens (including phenoxy) is 1. The van der Waals surface area contributed by atoms with Crippen LogP contribution >= 0.6 is 34.8 Å². The van der Waals surface area contributed by atoms with Gasteiger partial charge in [0.25, 0.3) is 0 Å². The fourth-order valence-corrected chi connectivity index (χ4v) is 4.77. The summed E-state index contributed by atoms with van der Waals surface area (Å²) in [7, 11) is -3.67. The lowest BCUT2D eigenvalue weighted by Crippen LogP contribution is -3.00. The second kappa shape index (κ2) is 9.14. The molecule has 0 bridgehead atoms. The zero-order valence-corrected chi connectivity index (χ0v) is 17.4. The van der Waals surface area contributed by atoms with E-state index in [2.05, 4.69) is 33.9 Å². The highest BCUT2D eigenvalue weighted by atomic mass is 35.5. The number of benzene rings is 2. The minimum absolute atomic E-state index is 0. The molecule has 1 aliphatic carbocycles. The average Bonchev–Trinajstić information content (AvgIpc) is 3.20. The minimum atomic E-state index is -3.67. The van der Waals surface area contributed by atoms with Crippen LogP contribution in [-0.2, 0) is 17.8 Å². The van der Waals surface area contributed by atoms with Crippen LogP contribution < -0.4 is 9.27 Å². The molecule has 1 aliphatic heterocycles. The first-order valence-electron chi connectivity index (χ1n) is 8.61. The van der Waals surface area contributed by atoms with Gasteiger partial charge in [-0.25, -0.2) is 4.57 Å². The minimum Gasteiger partial charge on any atom is -1.00 e. The molecule has 2 aromatic carbocycles. The Morgan fingerprint density at radius 3 is 2.40 bits per heavy atom. The molecule has 2 aliphatic rings. The highest BCUT2D eigenvalue weighted by Gasteiger charge is 2.43. The predicted molar refractivity (Wildman–Crippen MR) is 105 cm³/mol. The van der Waals surface area contributed by atoms with E-state index in [0.717, 1.165) is 12.2 Å². The van der Waals surface area contributed by atoms with E-state index < -0.39 is 7.54 Å². The fourth-order valence-electron chi connectivity index (χ4n) is 3.78. The zero-order valence-electron chi connectivity index (χ0n) is 15.1. The van der Waals surface area contributed by atoms with Crippen LogP contribution in [0.15, 0.2) is 42.7 Å². The van der Waals surface area contributed by atoms with Gasteiger partial charge in [0.1, 0.15) is 18.8 Å². The van der Waals surface area contributed by atoms with E-state index in [1.807, 2.05) is 6.33 Å². The lowest BCUT2D eigenvalue weighted by Gasteiger charge is -2.23. The van der Waals surface area contributed by atoms with Crippen LogP contribution in [0.1, 0.15) is 23.0 Å². The van der Waals surface area contributed by atoms with Crippen molar-refractivity contribution in [1.82, 2.24) is 9.78 Å². The van der Waals surface area contributed by atoms with Crippen LogP contribution in [0.4, 0.5) is 12.9 Å². The van der Waals surface area contributed by atoms with Gasteiger partial charge in [-0.15, -0.1) is 0 Å². The molecule has 2 heterocycles. The maximum Gasteiger partial charge on any atom is 0.762 e. The van der Waals surface area contributed by atoms with E-state index in [-0.39, 0.29) is 16.9 Å². The molecule has 0 unspecified atom stereocenters. The molecule has 0 saturated heterocycles. The van der Waals surface area contributed by atoms with Crippen molar-refractivity contribution in [2.45, 2.75) is 25.2 Å². The number of aromatic nitrogens is 3. The van der Waals surface area contributed by atoms with Gasteiger partial charge >= 0.3 is 13.4 Å². The molecule has 0 N–H and O–H groups in total. The maximum atomic E-state index is 9.67. The number of halogens is 7. The van der Waals surface area contributed by atoms with Gasteiger partial charge in [0.15, 0.2) is 5.69 Å². The number of hydrogen-bond donors (Lipinski definition) is 0. The lowest BCUT2D eigenvalue weighted by molar-refractivity contribution is -0.739. The first-order chi connectivity index (χ1) is 13.8. The molecule has 0 fully saturated rings. The third-order valence-corrected chi connectivity index (χ3v) is 5.63. The summed E-state index contributed by atoms with van der Waals surface area (Å²) in [6.07, 6.45) is 2.99. The van der Waals surface area contributed by atoms with Crippen LogP contribution in [0.5, 0.6) is 0 Å². The van der Waals surface area contributed by atoms with Crippen molar-refractivity contribution in [3.63, 3.8) is 0 Å². The molecule has 158 valence electrons. The largest absolute Gasteiger partial charge is 1.00 e. The summed E-state index contributed by atoms with van der Waals surface area (Å²) < 4.78 is 38.9. The van der Waals surface area contributed by atoms with Gasteiger partial charge in [0.2, 0.25) is 6.33 Å². The third-order valence-electron chi connectivity index (χ3n) is 4.84. The molecule has 1 aromatic heterocycles. The summed E-state index contributed by atoms with van der Waals surface area (Å²) >= 11 is 18.7. The summed E-state index contributed by atoms with van der Waals surface area (Å²) in [6, 6.07) is 11.9. The monoisotopic (exact) mass is 479 g/mol. The molecule has 0 saturated carbocycles. The SMILES string of the molecule is Clc1cc(Cl)c(-n2c[n+]3c(n2)CO[C@H]2Cc4ccccc4[C@H]23)c(Cl)c1.FB(F)F.[F-]. The molecule has 5 rings (SSSR count). The van der Waals surface area contributed by atoms with Gasteiger partial charge in [-0.1, -0.05) is 63.8 Å². The van der Waals surface area contributed by atoms with Crippen molar-refractivity contribution in [3.8, 4) is 5.69 Å². The first-order valence-corrected chi connectivity index (χ1v) is 9.74. The number of rotatable bonds is 1. The van der Waals surface area contributed by atoms with E-state index in [1.54, 1.807) is 16.8 Å². The highest BCUT2D eigenvalue weighted by molar-refractivity contribution is 6.40. The van der Waals surface area contributed by atoms with Crippen LogP contribution in [0, 0.1) is 0 Å². The Balaban J connectivity index is 0.000000473. The van der Waals surface area contributed by atoms with Crippen molar-refractivity contribution in [2.24, 2.45) is 0 Å². The van der Waals surface area contributed by atoms with Crippen LogP contribution in [0.25, 0.3) is 5.69 Å². The second-order valence-corrected chi connectivity index (χ2v) is 7.80. The Kier molecular flexibility index (Phi) is 6.96. The summed E-state index contributed by atoms with van der Waals surface area (Å²) in [5, 5.41) is 6.07. The molecule has 30 heavy (non-hydrogen) atoms. The summed E-state index contributed by atoms with van der Waals surface area (Å²) in [5.74, 6) is 0.847. The second-order valence-electron chi connectivity index (χ2n) is 6.55. The molecule has 3 aromatic rings. The third kappa shape index (κ3) is 4.30. The molecular formula is C18H13BCl3F4N3O. The standard InChI is InChI=1S/C18H13Cl3N3O.BF3.FH/c19-11-6-13(20)18(14(21)7-11)24-9-23-16(22-24)8-25-15-5-10-3-1-2-4-12(10)17(15)23;2-1(3)4;/h1-4,6-7,9,15,17H,5,8H2;;1H/q+1;;/p-1/t15-,17+;;/m0../s1. The van der Waals surface area contributed by atoms with Crippen molar-refractivity contribution < 1.29 is 27.0 Å². The van der Waals surface area contributed by atoms with E-state index in [1.165, 1.54) is 11.1 Å². The summed E-state index contributed by atoms with van der Waals surface area (Å²) in [4.78, 5) is 0. The Morgan fingerprint density at radius 1 is 1.10 bits per heavy atom. The Bertz CT molecular complexity index is 1040. The highest BCUT2D eigenvalue weighted by Crippen LogP contribution is 2.36. The van der Waals surface area contributed by atoms with Gasteiger partial charge in [0, 0.05) is 16.5 Å². The average molecular weight is 480 g/mol. The smallest absolute Gasteiger partial charge is 0.762 e. The molecule has 0 amide bonds. The zero-order chi connectivity index (χ0) is 20.7. The van der Waals surface area contributed by atoms with E-state index in [0.29, 0.717) is 27.4 Å². The van der Waals surface area contributed by atoms with E-state index in [9.17, 15) is 12.9 Å². The Hall–Kier alpha value is -1.81. The molecule has 2 atom stereocenters. The molecule has 4 nitrogen and oxygen atoms in total. The predicted octanol–water partition coefficient (Wildman–Crippen LogP) is 2.05. The number of fused-ring (bicyclic) bond motifs is 5. The summed E-state index contributed by atoms with van der Waals surface area (Å²) in [6.45, 7) is 0.463. The van der Waals surface area contributed by atoms with Crippen LogP contribution in [-0.4, -0.2) is 23.4 Å². The first kappa shape index (κ1) is 22.9. The van der Waals surface area contributed by atoms with Gasteiger partial charge in [-0.3, -0.25) is 12.9 Å². The lowest BCUT2D eigenvalue weighted by atomic mass is 10.1. The molecular weight excluding hydrogens is 467 g/mol. The normalized spacial score (nSPS) is 18.3. The quantitative estimate of drug-likeness (QED) is 0.303. The maximum absolute atomic E-state index is 9.67. The van der Waals surface area contributed by atoms with E-state index in [4.69, 9.17) is 39.5 Å². The van der Waals surface area contributed by atoms with Crippen molar-refractivity contribution in [1.29, 1.82) is 0 Å². The number of nitrogens with zero attached hydrogens (tertiary/aromatic N) is 3. The van der Waals surface area contributed by atoms with Gasteiger partial charge in [-0.2, -0.15) is 0 Å². The molecule has 12 heteroatoms. The Morgan fingerprint density at radius 2 is 1.73 bits per heavy atom. The van der Waals surface area contributed by atoms with Crippen molar-refractivity contribution in [2.75, 3.05) is 0 Å². The topological polar surface area (TPSA) is 30.9 Å². The molecule has 0 radical (unpaired) electrons. The van der Waals surface area contributed by atoms with Gasteiger partial charge < -0.3 is 9.44 Å². The van der Waals surface area contributed by atoms with Crippen molar-refractivity contribution in [3.05, 3.63) is 74.7 Å². The fraction of sp³-hybridized carbons (Fsp3) is 0.222. The van der Waals surface area contributed by atoms with Crippen LogP contribution in [0.3, 0.4) is 0 Å². The van der Waals surface area contributed by atoms with E-state index >= 15 is 0 Å². The van der Waals surface area contributed by atoms with Gasteiger partial charge in [0.05, 0.1) is 10.0 Å². The van der Waals surface area contributed by atoms with Crippen LogP contribution in [0.2, 0.25) is 15.1 Å². The van der Waals surface area contributed by atoms with Gasteiger partial charge in [-0.05, 0) is 23.3 Å². The summed E-state index contributed by atoms with van der Waals surface area (Å²) in [5.41, 5.74) is 3.23. The van der Waals surface area contributed by atoms with Crippen molar-refractivity contribution >= 4 is 42.3 Å².